The van der Waals surface area contributed by atoms with Gasteiger partial charge in [0.15, 0.2) is 0 Å². The van der Waals surface area contributed by atoms with Gasteiger partial charge < -0.3 is 19.7 Å². The number of nitrogens with one attached hydrogen (secondary N) is 1. The molecule has 24 heavy (non-hydrogen) atoms. The summed E-state index contributed by atoms with van der Waals surface area (Å²) in [7, 11) is 1.79. The number of furan rings is 1. The Hall–Kier alpha value is -1.85. The molecule has 130 valence electrons. The van der Waals surface area contributed by atoms with E-state index in [9.17, 15) is 9.90 Å². The zero-order valence-electron chi connectivity index (χ0n) is 14.4. The molecule has 2 N–H and O–H groups in total. The summed E-state index contributed by atoms with van der Waals surface area (Å²) in [6.45, 7) is 2.29. The second kappa shape index (κ2) is 6.95. The Morgan fingerprint density at radius 2 is 2.08 bits per heavy atom. The molecule has 0 bridgehead atoms. The first-order chi connectivity index (χ1) is 11.5. The Morgan fingerprint density at radius 3 is 2.75 bits per heavy atom. The van der Waals surface area contributed by atoms with Gasteiger partial charge in [-0.3, -0.25) is 4.79 Å². The van der Waals surface area contributed by atoms with E-state index < -0.39 is 0 Å². The smallest absolute Gasteiger partial charge is 0.236 e. The van der Waals surface area contributed by atoms with Crippen LogP contribution in [0.25, 0.3) is 11.0 Å². The predicted octanol–water partition coefficient (Wildman–Crippen LogP) is 2.85. The number of likely N-dealkylation sites (N-methyl/N-ethyl adjacent to an activating group) is 1. The van der Waals surface area contributed by atoms with E-state index in [-0.39, 0.29) is 30.6 Å². The first-order valence-electron chi connectivity index (χ1n) is 8.65. The van der Waals surface area contributed by atoms with Gasteiger partial charge in [-0.2, -0.15) is 0 Å². The van der Waals surface area contributed by atoms with Crippen LogP contribution >= 0.6 is 0 Å². The van der Waals surface area contributed by atoms with E-state index in [0.29, 0.717) is 0 Å². The topological polar surface area (TPSA) is 65.7 Å². The lowest BCUT2D eigenvalue weighted by molar-refractivity contribution is -0.131. The van der Waals surface area contributed by atoms with Crippen LogP contribution in [0, 0.1) is 0 Å². The number of rotatable bonds is 6. The Kier molecular flexibility index (Phi) is 4.92. The first-order valence-corrected chi connectivity index (χ1v) is 8.65. The molecule has 2 aromatic rings. The lowest BCUT2D eigenvalue weighted by atomic mass is 9.99. The molecule has 1 saturated carbocycles. The Morgan fingerprint density at radius 1 is 1.38 bits per heavy atom. The Labute approximate surface area is 142 Å². The highest BCUT2D eigenvalue weighted by Gasteiger charge is 2.33. The van der Waals surface area contributed by atoms with Crippen molar-refractivity contribution in [1.82, 2.24) is 10.2 Å². The number of para-hydroxylation sites is 1. The Bertz CT molecular complexity index is 670. The summed E-state index contributed by atoms with van der Waals surface area (Å²) in [4.78, 5) is 14.2. The van der Waals surface area contributed by atoms with E-state index >= 15 is 0 Å². The second-order valence-corrected chi connectivity index (χ2v) is 6.87. The van der Waals surface area contributed by atoms with E-state index in [1.165, 1.54) is 0 Å². The maximum atomic E-state index is 12.5. The average Bonchev–Trinajstić information content (AvgIpc) is 3.25. The molecule has 0 aliphatic heterocycles. The monoisotopic (exact) mass is 330 g/mol. The fourth-order valence-electron chi connectivity index (χ4n) is 3.45. The molecule has 1 fully saturated rings. The van der Waals surface area contributed by atoms with Crippen LogP contribution in [0.1, 0.15) is 44.4 Å². The van der Waals surface area contributed by atoms with Crippen LogP contribution in [0.5, 0.6) is 0 Å². The van der Waals surface area contributed by atoms with Crippen LogP contribution in [-0.2, 0) is 4.79 Å². The van der Waals surface area contributed by atoms with Gasteiger partial charge in [0.2, 0.25) is 5.91 Å². The van der Waals surface area contributed by atoms with E-state index in [2.05, 4.69) is 5.32 Å². The molecule has 1 aromatic heterocycles. The number of hydrogen-bond donors (Lipinski definition) is 2. The SMILES string of the molecule is CC(c1cc2ccccc2o1)N(C)C(=O)CNC1(CO)CCCC1. The predicted molar refractivity (Wildman–Crippen MR) is 93.7 cm³/mol. The number of aliphatic hydroxyl groups is 1. The van der Waals surface area contributed by atoms with Crippen molar-refractivity contribution in [3.8, 4) is 0 Å². The third kappa shape index (κ3) is 3.32. The number of carbonyl (C=O) groups excluding carboxylic acids is 1. The summed E-state index contributed by atoms with van der Waals surface area (Å²) >= 11 is 0. The summed E-state index contributed by atoms with van der Waals surface area (Å²) in [5.74, 6) is 0.785. The van der Waals surface area contributed by atoms with Crippen molar-refractivity contribution in [1.29, 1.82) is 0 Å². The number of carbonyl (C=O) groups is 1. The number of fused-ring (bicyclic) bond motifs is 1. The maximum absolute atomic E-state index is 12.5. The Balaban J connectivity index is 1.64. The maximum Gasteiger partial charge on any atom is 0.236 e. The molecular formula is C19H26N2O3. The van der Waals surface area contributed by atoms with Crippen molar-refractivity contribution >= 4 is 16.9 Å². The molecule has 1 aliphatic carbocycles. The molecule has 5 heteroatoms. The van der Waals surface area contributed by atoms with Crippen LogP contribution in [0.3, 0.4) is 0 Å². The van der Waals surface area contributed by atoms with Crippen LogP contribution in [0.4, 0.5) is 0 Å². The summed E-state index contributed by atoms with van der Waals surface area (Å²) in [6.07, 6.45) is 4.07. The highest BCUT2D eigenvalue weighted by atomic mass is 16.3. The first kappa shape index (κ1) is 17.0. The number of aliphatic hydroxyl groups excluding tert-OH is 1. The lowest BCUT2D eigenvalue weighted by Gasteiger charge is -2.30. The number of hydrogen-bond acceptors (Lipinski definition) is 4. The van der Waals surface area contributed by atoms with Crippen molar-refractivity contribution in [3.63, 3.8) is 0 Å². The van der Waals surface area contributed by atoms with Gasteiger partial charge in [-0.05, 0) is 31.9 Å². The molecule has 0 radical (unpaired) electrons. The van der Waals surface area contributed by atoms with Crippen LogP contribution in [0.2, 0.25) is 0 Å². The highest BCUT2D eigenvalue weighted by Crippen LogP contribution is 2.29. The molecule has 1 amide bonds. The minimum atomic E-state index is -0.279. The molecule has 3 rings (SSSR count). The van der Waals surface area contributed by atoms with Gasteiger partial charge in [0, 0.05) is 18.0 Å². The van der Waals surface area contributed by atoms with E-state index in [4.69, 9.17) is 4.42 Å². The molecule has 1 aliphatic rings. The quantitative estimate of drug-likeness (QED) is 0.855. The normalized spacial score (nSPS) is 18.0. The molecule has 0 saturated heterocycles. The van der Waals surface area contributed by atoms with Gasteiger partial charge in [0.05, 0.1) is 19.2 Å². The van der Waals surface area contributed by atoms with Crippen molar-refractivity contribution in [2.24, 2.45) is 0 Å². The van der Waals surface area contributed by atoms with E-state index in [1.54, 1.807) is 11.9 Å². The molecular weight excluding hydrogens is 304 g/mol. The average molecular weight is 330 g/mol. The van der Waals surface area contributed by atoms with Crippen molar-refractivity contribution < 1.29 is 14.3 Å². The van der Waals surface area contributed by atoms with Gasteiger partial charge in [-0.15, -0.1) is 0 Å². The van der Waals surface area contributed by atoms with Gasteiger partial charge in [-0.25, -0.2) is 0 Å². The van der Waals surface area contributed by atoms with Crippen molar-refractivity contribution in [2.75, 3.05) is 20.2 Å². The van der Waals surface area contributed by atoms with Crippen molar-refractivity contribution in [2.45, 2.75) is 44.2 Å². The fraction of sp³-hybridized carbons (Fsp3) is 0.526. The van der Waals surface area contributed by atoms with Gasteiger partial charge in [0.25, 0.3) is 0 Å². The largest absolute Gasteiger partial charge is 0.459 e. The molecule has 0 spiro atoms. The van der Waals surface area contributed by atoms with Gasteiger partial charge in [-0.1, -0.05) is 31.0 Å². The van der Waals surface area contributed by atoms with Gasteiger partial charge >= 0.3 is 0 Å². The van der Waals surface area contributed by atoms with Crippen LogP contribution in [-0.4, -0.2) is 41.7 Å². The third-order valence-electron chi connectivity index (χ3n) is 5.31. The minimum absolute atomic E-state index is 0.00248. The number of amides is 1. The van der Waals surface area contributed by atoms with Crippen LogP contribution < -0.4 is 5.32 Å². The summed E-state index contributed by atoms with van der Waals surface area (Å²) in [6, 6.07) is 9.70. The zero-order chi connectivity index (χ0) is 17.2. The van der Waals surface area contributed by atoms with Crippen LogP contribution in [0.15, 0.2) is 34.7 Å². The minimum Gasteiger partial charge on any atom is -0.459 e. The van der Waals surface area contributed by atoms with E-state index in [0.717, 1.165) is 42.4 Å². The zero-order valence-corrected chi connectivity index (χ0v) is 14.4. The molecule has 1 aromatic carbocycles. The van der Waals surface area contributed by atoms with Gasteiger partial charge in [0.1, 0.15) is 11.3 Å². The third-order valence-corrected chi connectivity index (χ3v) is 5.31. The molecule has 1 heterocycles. The van der Waals surface area contributed by atoms with E-state index in [1.807, 2.05) is 37.3 Å². The lowest BCUT2D eigenvalue weighted by Crippen LogP contribution is -2.50. The number of nitrogens with zero attached hydrogens (tertiary/aromatic N) is 1. The summed E-state index contributed by atoms with van der Waals surface area (Å²) in [5.41, 5.74) is 0.558. The molecule has 1 atom stereocenters. The number of benzene rings is 1. The molecule has 1 unspecified atom stereocenters. The van der Waals surface area contributed by atoms with Crippen molar-refractivity contribution in [3.05, 3.63) is 36.1 Å². The fourth-order valence-corrected chi connectivity index (χ4v) is 3.45. The second-order valence-electron chi connectivity index (χ2n) is 6.87. The highest BCUT2D eigenvalue weighted by molar-refractivity contribution is 5.80. The summed E-state index contributed by atoms with van der Waals surface area (Å²) in [5, 5.41) is 14.0. The summed E-state index contributed by atoms with van der Waals surface area (Å²) < 4.78 is 5.87. The standard InChI is InChI=1S/C19H26N2O3/c1-14(17-11-15-7-3-4-8-16(15)24-17)21(2)18(23)12-20-19(13-22)9-5-6-10-19/h3-4,7-8,11,14,20,22H,5-6,9-10,12-13H2,1-2H3. The molecule has 5 nitrogen and oxygen atoms in total.